The highest BCUT2D eigenvalue weighted by atomic mass is 32.1. The summed E-state index contributed by atoms with van der Waals surface area (Å²) in [7, 11) is 0. The van der Waals surface area contributed by atoms with Gasteiger partial charge in [-0.15, -0.1) is 11.3 Å². The maximum Gasteiger partial charge on any atom is 0.230 e. The molecule has 2 unspecified atom stereocenters. The number of rotatable bonds is 1. The fourth-order valence-electron chi connectivity index (χ4n) is 3.11. The van der Waals surface area contributed by atoms with Crippen LogP contribution in [-0.4, -0.2) is 36.5 Å². The highest BCUT2D eigenvalue weighted by molar-refractivity contribution is 7.10. The number of piperazine rings is 1. The molecule has 1 N–H and O–H groups in total. The Kier molecular flexibility index (Phi) is 3.39. The standard InChI is InChI=1S/C14H20N2OS/c1-10-9-15-6-7-16(10)14(17)12-3-2-4-13-11(12)5-8-18-13/h5,8,10,12,15H,2-4,6-7,9H2,1H3. The maximum atomic E-state index is 12.7. The van der Waals surface area contributed by atoms with Gasteiger partial charge in [0, 0.05) is 30.6 Å². The van der Waals surface area contributed by atoms with E-state index in [1.165, 1.54) is 10.4 Å². The number of thiophene rings is 1. The first-order valence-corrected chi connectivity index (χ1v) is 7.73. The van der Waals surface area contributed by atoms with Crippen LogP contribution in [-0.2, 0) is 11.2 Å². The summed E-state index contributed by atoms with van der Waals surface area (Å²) in [6.45, 7) is 4.85. The highest BCUT2D eigenvalue weighted by Gasteiger charge is 2.33. The molecule has 3 nitrogen and oxygen atoms in total. The lowest BCUT2D eigenvalue weighted by atomic mass is 9.86. The molecule has 4 heteroatoms. The Bertz CT molecular complexity index is 443. The number of carbonyl (C=O) groups excluding carboxylic acids is 1. The molecule has 2 aliphatic rings. The monoisotopic (exact) mass is 264 g/mol. The first kappa shape index (κ1) is 12.2. The molecule has 2 atom stereocenters. The van der Waals surface area contributed by atoms with Gasteiger partial charge in [0.05, 0.1) is 5.92 Å². The number of hydrogen-bond acceptors (Lipinski definition) is 3. The van der Waals surface area contributed by atoms with Crippen molar-refractivity contribution in [3.63, 3.8) is 0 Å². The molecule has 1 saturated heterocycles. The van der Waals surface area contributed by atoms with E-state index in [1.807, 2.05) is 11.3 Å². The third-order valence-electron chi connectivity index (χ3n) is 4.13. The van der Waals surface area contributed by atoms with Gasteiger partial charge >= 0.3 is 0 Å². The topological polar surface area (TPSA) is 32.3 Å². The predicted octanol–water partition coefficient (Wildman–Crippen LogP) is 1.99. The van der Waals surface area contributed by atoms with Gasteiger partial charge in [-0.25, -0.2) is 0 Å². The molecule has 98 valence electrons. The molecular weight excluding hydrogens is 244 g/mol. The number of nitrogens with one attached hydrogen (secondary N) is 1. The van der Waals surface area contributed by atoms with Crippen LogP contribution in [0.4, 0.5) is 0 Å². The number of fused-ring (bicyclic) bond motifs is 1. The van der Waals surface area contributed by atoms with Crippen molar-refractivity contribution in [3.05, 3.63) is 21.9 Å². The van der Waals surface area contributed by atoms with E-state index in [9.17, 15) is 4.79 Å². The molecular formula is C14H20N2OS. The zero-order valence-corrected chi connectivity index (χ0v) is 11.6. The smallest absolute Gasteiger partial charge is 0.230 e. The molecule has 0 spiro atoms. The summed E-state index contributed by atoms with van der Waals surface area (Å²) in [6, 6.07) is 2.49. The number of carbonyl (C=O) groups is 1. The molecule has 1 aliphatic carbocycles. The van der Waals surface area contributed by atoms with E-state index in [4.69, 9.17) is 0 Å². The van der Waals surface area contributed by atoms with Crippen LogP contribution in [0.2, 0.25) is 0 Å². The van der Waals surface area contributed by atoms with Crippen molar-refractivity contribution in [2.45, 2.75) is 38.1 Å². The van der Waals surface area contributed by atoms with Gasteiger partial charge in [-0.05, 0) is 43.2 Å². The van der Waals surface area contributed by atoms with Crippen LogP contribution in [0, 0.1) is 0 Å². The molecule has 1 amide bonds. The van der Waals surface area contributed by atoms with Crippen molar-refractivity contribution >= 4 is 17.2 Å². The highest BCUT2D eigenvalue weighted by Crippen LogP contribution is 2.36. The van der Waals surface area contributed by atoms with Crippen molar-refractivity contribution in [2.24, 2.45) is 0 Å². The second-order valence-corrected chi connectivity index (χ2v) is 6.33. The summed E-state index contributed by atoms with van der Waals surface area (Å²) < 4.78 is 0. The van der Waals surface area contributed by atoms with Gasteiger partial charge in [-0.2, -0.15) is 0 Å². The molecule has 1 aliphatic heterocycles. The Morgan fingerprint density at radius 2 is 2.44 bits per heavy atom. The quantitative estimate of drug-likeness (QED) is 0.841. The number of nitrogens with zero attached hydrogens (tertiary/aromatic N) is 1. The second-order valence-electron chi connectivity index (χ2n) is 5.33. The molecule has 1 aromatic heterocycles. The third-order valence-corrected chi connectivity index (χ3v) is 5.13. The average Bonchev–Trinajstić information content (AvgIpc) is 2.86. The first-order valence-electron chi connectivity index (χ1n) is 6.85. The van der Waals surface area contributed by atoms with Crippen LogP contribution in [0.25, 0.3) is 0 Å². The molecule has 0 aromatic carbocycles. The zero-order chi connectivity index (χ0) is 12.5. The van der Waals surface area contributed by atoms with Gasteiger partial charge in [-0.1, -0.05) is 0 Å². The lowest BCUT2D eigenvalue weighted by molar-refractivity contribution is -0.136. The average molecular weight is 264 g/mol. The summed E-state index contributed by atoms with van der Waals surface area (Å²) in [6.07, 6.45) is 3.34. The van der Waals surface area contributed by atoms with Gasteiger partial charge in [-0.3, -0.25) is 4.79 Å². The van der Waals surface area contributed by atoms with E-state index in [-0.39, 0.29) is 5.92 Å². The Morgan fingerprint density at radius 3 is 3.28 bits per heavy atom. The molecule has 0 saturated carbocycles. The Labute approximate surface area is 112 Å². The minimum atomic E-state index is 0.126. The van der Waals surface area contributed by atoms with Crippen LogP contribution < -0.4 is 5.32 Å². The van der Waals surface area contributed by atoms with Crippen LogP contribution in [0.15, 0.2) is 11.4 Å². The van der Waals surface area contributed by atoms with E-state index in [1.54, 1.807) is 0 Å². The zero-order valence-electron chi connectivity index (χ0n) is 10.8. The number of aryl methyl sites for hydroxylation is 1. The molecule has 1 fully saturated rings. The van der Waals surface area contributed by atoms with Crippen LogP contribution in [0.5, 0.6) is 0 Å². The predicted molar refractivity (Wildman–Crippen MR) is 74.0 cm³/mol. The van der Waals surface area contributed by atoms with Crippen molar-refractivity contribution in [2.75, 3.05) is 19.6 Å². The molecule has 18 heavy (non-hydrogen) atoms. The van der Waals surface area contributed by atoms with E-state index in [0.717, 1.165) is 38.9 Å². The van der Waals surface area contributed by atoms with Crippen molar-refractivity contribution in [1.82, 2.24) is 10.2 Å². The van der Waals surface area contributed by atoms with Crippen molar-refractivity contribution < 1.29 is 4.79 Å². The minimum Gasteiger partial charge on any atom is -0.337 e. The fourth-order valence-corrected chi connectivity index (χ4v) is 4.10. The Morgan fingerprint density at radius 1 is 1.56 bits per heavy atom. The van der Waals surface area contributed by atoms with Crippen molar-refractivity contribution in [1.29, 1.82) is 0 Å². The van der Waals surface area contributed by atoms with Gasteiger partial charge in [0.2, 0.25) is 5.91 Å². The molecule has 0 bridgehead atoms. The van der Waals surface area contributed by atoms with Gasteiger partial charge in [0.15, 0.2) is 0 Å². The third kappa shape index (κ3) is 2.08. The largest absolute Gasteiger partial charge is 0.337 e. The van der Waals surface area contributed by atoms with E-state index in [0.29, 0.717) is 11.9 Å². The van der Waals surface area contributed by atoms with Crippen molar-refractivity contribution in [3.8, 4) is 0 Å². The summed E-state index contributed by atoms with van der Waals surface area (Å²) in [5, 5.41) is 5.48. The van der Waals surface area contributed by atoms with Gasteiger partial charge in [0.1, 0.15) is 0 Å². The van der Waals surface area contributed by atoms with E-state index >= 15 is 0 Å². The fraction of sp³-hybridized carbons (Fsp3) is 0.643. The van der Waals surface area contributed by atoms with E-state index < -0.39 is 0 Å². The lowest BCUT2D eigenvalue weighted by Crippen LogP contribution is -2.53. The molecule has 1 aromatic rings. The van der Waals surface area contributed by atoms with E-state index in [2.05, 4.69) is 28.6 Å². The summed E-state index contributed by atoms with van der Waals surface area (Å²) in [5.41, 5.74) is 1.31. The summed E-state index contributed by atoms with van der Waals surface area (Å²) in [5.74, 6) is 0.476. The van der Waals surface area contributed by atoms with Crippen LogP contribution in [0.3, 0.4) is 0 Å². The number of hydrogen-bond donors (Lipinski definition) is 1. The van der Waals surface area contributed by atoms with Gasteiger partial charge in [0.25, 0.3) is 0 Å². The summed E-state index contributed by atoms with van der Waals surface area (Å²) >= 11 is 1.81. The van der Waals surface area contributed by atoms with Crippen LogP contribution in [0.1, 0.15) is 36.1 Å². The molecule has 2 heterocycles. The Hall–Kier alpha value is -0.870. The summed E-state index contributed by atoms with van der Waals surface area (Å²) in [4.78, 5) is 16.2. The molecule has 3 rings (SSSR count). The SMILES string of the molecule is CC1CNCCN1C(=O)C1CCCc2sccc21. The second kappa shape index (κ2) is 5.02. The normalized spacial score (nSPS) is 27.9. The Balaban J connectivity index is 1.81. The van der Waals surface area contributed by atoms with Gasteiger partial charge < -0.3 is 10.2 Å². The first-order chi connectivity index (χ1) is 8.77. The maximum absolute atomic E-state index is 12.7. The molecule has 0 radical (unpaired) electrons. The van der Waals surface area contributed by atoms with Crippen LogP contribution >= 0.6 is 11.3 Å². The number of amides is 1. The minimum absolute atomic E-state index is 0.126. The lowest BCUT2D eigenvalue weighted by Gasteiger charge is -2.37.